The lowest BCUT2D eigenvalue weighted by Gasteiger charge is -2.40. The molecule has 0 saturated carbocycles. The maximum atomic E-state index is 14.4. The van der Waals surface area contributed by atoms with Gasteiger partial charge < -0.3 is 9.84 Å². The second-order valence-corrected chi connectivity index (χ2v) is 7.98. The number of rotatable bonds is 6. The number of fused-ring (bicyclic) bond motifs is 1. The Morgan fingerprint density at radius 1 is 1.25 bits per heavy atom. The van der Waals surface area contributed by atoms with Crippen molar-refractivity contribution in [2.75, 3.05) is 13.7 Å². The smallest absolute Gasteiger partial charge is 0.130 e. The second-order valence-electron chi connectivity index (χ2n) is 7.98. The lowest BCUT2D eigenvalue weighted by molar-refractivity contribution is 0.0324. The summed E-state index contributed by atoms with van der Waals surface area (Å²) in [6.45, 7) is 4.43. The summed E-state index contributed by atoms with van der Waals surface area (Å²) in [4.78, 5) is 6.35. The van der Waals surface area contributed by atoms with Crippen molar-refractivity contribution in [1.29, 1.82) is 0 Å². The van der Waals surface area contributed by atoms with Crippen LogP contribution in [0.4, 0.5) is 8.78 Å². The summed E-state index contributed by atoms with van der Waals surface area (Å²) < 4.78 is 34.1. The average molecular weight is 437 g/mol. The predicted molar refractivity (Wildman–Crippen MR) is 121 cm³/mol. The van der Waals surface area contributed by atoms with Crippen molar-refractivity contribution in [3.63, 3.8) is 0 Å². The highest BCUT2D eigenvalue weighted by molar-refractivity contribution is 5.84. The van der Waals surface area contributed by atoms with E-state index in [2.05, 4.69) is 11.6 Å². The van der Waals surface area contributed by atoms with Crippen LogP contribution in [0.2, 0.25) is 0 Å². The Bertz CT molecular complexity index is 1140. The Hall–Kier alpha value is -3.09. The van der Waals surface area contributed by atoms with E-state index in [9.17, 15) is 13.9 Å². The molecule has 32 heavy (non-hydrogen) atoms. The zero-order valence-corrected chi connectivity index (χ0v) is 18.0. The van der Waals surface area contributed by atoms with E-state index in [1.54, 1.807) is 25.4 Å². The number of aliphatic hydroxyl groups excluding tert-OH is 1. The van der Waals surface area contributed by atoms with Gasteiger partial charge in [-0.1, -0.05) is 30.4 Å². The summed E-state index contributed by atoms with van der Waals surface area (Å²) in [5.41, 5.74) is 2.61. The number of benzene rings is 2. The molecule has 0 radical (unpaired) electrons. The maximum Gasteiger partial charge on any atom is 0.130 e. The van der Waals surface area contributed by atoms with Crippen LogP contribution in [-0.2, 0) is 6.54 Å². The molecule has 1 aromatic heterocycles. The number of ether oxygens (including phenoxy) is 1. The Morgan fingerprint density at radius 3 is 2.75 bits per heavy atom. The van der Waals surface area contributed by atoms with Crippen molar-refractivity contribution in [2.45, 2.75) is 31.5 Å². The molecule has 1 fully saturated rings. The van der Waals surface area contributed by atoms with Crippen LogP contribution >= 0.6 is 0 Å². The van der Waals surface area contributed by atoms with Crippen molar-refractivity contribution >= 4 is 10.9 Å². The molecular weight excluding hydrogens is 410 g/mol. The van der Waals surface area contributed by atoms with Crippen molar-refractivity contribution in [3.8, 4) is 5.75 Å². The quantitative estimate of drug-likeness (QED) is 0.567. The van der Waals surface area contributed by atoms with E-state index >= 15 is 0 Å². The number of methoxy groups -OCH3 is 1. The second kappa shape index (κ2) is 9.59. The fraction of sp³-hybridized carbons (Fsp3) is 0.269. The molecule has 4 nitrogen and oxygen atoms in total. The molecule has 1 saturated heterocycles. The number of piperidine rings is 1. The first-order valence-electron chi connectivity index (χ1n) is 10.6. The number of aromatic nitrogens is 1. The third kappa shape index (κ3) is 4.42. The number of halogens is 2. The van der Waals surface area contributed by atoms with E-state index in [-0.39, 0.29) is 18.2 Å². The summed E-state index contributed by atoms with van der Waals surface area (Å²) in [6.07, 6.45) is 5.77. The highest BCUT2D eigenvalue weighted by atomic mass is 19.1. The summed E-state index contributed by atoms with van der Waals surface area (Å²) in [5, 5.41) is 12.3. The Kier molecular flexibility index (Phi) is 6.63. The molecule has 1 aliphatic rings. The number of hydrogen-bond acceptors (Lipinski definition) is 4. The molecule has 1 aliphatic heterocycles. The van der Waals surface area contributed by atoms with E-state index in [1.165, 1.54) is 18.2 Å². The van der Waals surface area contributed by atoms with Gasteiger partial charge in [0.25, 0.3) is 0 Å². The molecule has 1 N–H and O–H groups in total. The molecule has 3 aromatic rings. The minimum absolute atomic E-state index is 0.0158. The van der Waals surface area contributed by atoms with Gasteiger partial charge in [-0.2, -0.15) is 0 Å². The average Bonchev–Trinajstić information content (AvgIpc) is 2.81. The van der Waals surface area contributed by atoms with Gasteiger partial charge >= 0.3 is 0 Å². The summed E-state index contributed by atoms with van der Waals surface area (Å²) in [6, 6.07) is 10.8. The van der Waals surface area contributed by atoms with Gasteiger partial charge in [-0.3, -0.25) is 9.88 Å². The zero-order chi connectivity index (χ0) is 22.7. The molecule has 0 bridgehead atoms. The van der Waals surface area contributed by atoms with Gasteiger partial charge in [-0.25, -0.2) is 8.78 Å². The number of allylic oxidation sites excluding steroid dienone is 2. The van der Waals surface area contributed by atoms with Gasteiger partial charge in [0.2, 0.25) is 0 Å². The van der Waals surface area contributed by atoms with Gasteiger partial charge in [-0.15, -0.1) is 0 Å². The molecule has 166 valence electrons. The predicted octanol–water partition coefficient (Wildman–Crippen LogP) is 5.33. The van der Waals surface area contributed by atoms with Crippen LogP contribution in [0, 0.1) is 11.6 Å². The third-order valence-corrected chi connectivity index (χ3v) is 6.10. The van der Waals surface area contributed by atoms with Gasteiger partial charge in [-0.05, 0) is 54.8 Å². The Balaban J connectivity index is 1.73. The van der Waals surface area contributed by atoms with E-state index in [0.29, 0.717) is 24.3 Å². The third-order valence-electron chi connectivity index (χ3n) is 6.10. The molecule has 2 heterocycles. The fourth-order valence-corrected chi connectivity index (χ4v) is 4.40. The van der Waals surface area contributed by atoms with Crippen LogP contribution in [0.3, 0.4) is 0 Å². The molecular formula is C26H26F2N2O2. The lowest BCUT2D eigenvalue weighted by Crippen LogP contribution is -2.43. The number of nitrogens with zero attached hydrogens (tertiary/aromatic N) is 2. The fourth-order valence-electron chi connectivity index (χ4n) is 4.40. The first-order valence-corrected chi connectivity index (χ1v) is 10.6. The molecule has 2 atom stereocenters. The van der Waals surface area contributed by atoms with Crippen molar-refractivity contribution in [2.24, 2.45) is 0 Å². The topological polar surface area (TPSA) is 45.6 Å². The summed E-state index contributed by atoms with van der Waals surface area (Å²) in [7, 11) is 1.59. The maximum absolute atomic E-state index is 14.4. The number of likely N-dealkylation sites (tertiary alicyclic amines) is 1. The number of pyridine rings is 1. The first-order chi connectivity index (χ1) is 15.5. The van der Waals surface area contributed by atoms with Crippen LogP contribution in [0.1, 0.15) is 30.1 Å². The van der Waals surface area contributed by atoms with Crippen LogP contribution in [-0.4, -0.2) is 34.7 Å². The van der Waals surface area contributed by atoms with Gasteiger partial charge in [0.15, 0.2) is 0 Å². The summed E-state index contributed by atoms with van der Waals surface area (Å²) >= 11 is 0. The number of aliphatic hydroxyl groups is 1. The van der Waals surface area contributed by atoms with Crippen molar-refractivity contribution in [3.05, 3.63) is 95.7 Å². The van der Waals surface area contributed by atoms with E-state index in [0.717, 1.165) is 22.9 Å². The SMILES string of the molecule is C=C/C=C1/CCN(Cc2c(F)cccc2F)C(C(O)c2ccnc3ccc(OC)cc23)C1. The monoisotopic (exact) mass is 436 g/mol. The van der Waals surface area contributed by atoms with Gasteiger partial charge in [0.05, 0.1) is 18.7 Å². The van der Waals surface area contributed by atoms with E-state index in [4.69, 9.17) is 4.74 Å². The molecule has 6 heteroatoms. The molecule has 0 aliphatic carbocycles. The Labute approximate surface area is 186 Å². The van der Waals surface area contributed by atoms with E-state index in [1.807, 2.05) is 29.2 Å². The van der Waals surface area contributed by atoms with Crippen LogP contribution < -0.4 is 4.74 Å². The van der Waals surface area contributed by atoms with Crippen LogP contribution in [0.15, 0.2) is 73.0 Å². The highest BCUT2D eigenvalue weighted by Crippen LogP contribution is 2.36. The minimum atomic E-state index is -0.893. The molecule has 2 aromatic carbocycles. The summed E-state index contributed by atoms with van der Waals surface area (Å²) in [5.74, 6) is -0.491. The molecule has 0 spiro atoms. The van der Waals surface area contributed by atoms with E-state index < -0.39 is 17.7 Å². The lowest BCUT2D eigenvalue weighted by atomic mass is 9.88. The zero-order valence-electron chi connectivity index (χ0n) is 18.0. The van der Waals surface area contributed by atoms with Crippen molar-refractivity contribution < 1.29 is 18.6 Å². The molecule has 0 amide bonds. The molecule has 4 rings (SSSR count). The Morgan fingerprint density at radius 2 is 2.03 bits per heavy atom. The largest absolute Gasteiger partial charge is 0.497 e. The van der Waals surface area contributed by atoms with Crippen molar-refractivity contribution in [1.82, 2.24) is 9.88 Å². The van der Waals surface area contributed by atoms with Crippen LogP contribution in [0.25, 0.3) is 10.9 Å². The molecule has 2 unspecified atom stereocenters. The van der Waals surface area contributed by atoms with Crippen LogP contribution in [0.5, 0.6) is 5.75 Å². The highest BCUT2D eigenvalue weighted by Gasteiger charge is 2.33. The minimum Gasteiger partial charge on any atom is -0.497 e. The van der Waals surface area contributed by atoms with Gasteiger partial charge in [0.1, 0.15) is 17.4 Å². The standard InChI is InChI=1S/C26H26F2N2O2/c1-3-5-17-11-13-30(16-21-22(27)6-4-7-23(21)28)25(14-17)26(31)19-10-12-29-24-9-8-18(32-2)15-20(19)24/h3-10,12,15,25-26,31H,1,11,13-14,16H2,2H3/b17-5-. The normalized spacial score (nSPS) is 19.2. The number of hydrogen-bond donors (Lipinski definition) is 1. The first kappa shape index (κ1) is 22.1. The van der Waals surface area contributed by atoms with Gasteiger partial charge in [0, 0.05) is 36.3 Å².